The van der Waals surface area contributed by atoms with Gasteiger partial charge in [0.15, 0.2) is 0 Å². The van der Waals surface area contributed by atoms with Gasteiger partial charge in [-0.05, 0) is 17.6 Å². The molecule has 16 nitrogen and oxygen atoms in total. The molecule has 1 aromatic carbocycles. The van der Waals surface area contributed by atoms with Gasteiger partial charge in [-0.3, -0.25) is 38.8 Å². The van der Waals surface area contributed by atoms with Gasteiger partial charge in [0.25, 0.3) is 5.91 Å². The molecule has 17 heteroatoms. The van der Waals surface area contributed by atoms with Gasteiger partial charge in [-0.2, -0.15) is 0 Å². The van der Waals surface area contributed by atoms with Gasteiger partial charge in [0.1, 0.15) is 11.1 Å². The maximum atomic E-state index is 12.8. The highest BCUT2D eigenvalue weighted by atomic mass is 16.4. The Labute approximate surface area is 246 Å². The lowest BCUT2D eigenvalue weighted by Crippen LogP contribution is -2.49. The van der Waals surface area contributed by atoms with Gasteiger partial charge < -0.3 is 35.1 Å². The predicted molar refractivity (Wildman–Crippen MR) is 153 cm³/mol. The molecule has 3 rings (SSSR count). The lowest BCUT2D eigenvalue weighted by atomic mass is 9.80. The normalized spacial score (nSPS) is 16.7. The Balaban J connectivity index is 1.68. The Morgan fingerprint density at radius 2 is 1.21 bits per heavy atom. The van der Waals surface area contributed by atoms with E-state index in [2.05, 4.69) is 5.32 Å². The van der Waals surface area contributed by atoms with Gasteiger partial charge in [0, 0.05) is 70.8 Å². The van der Waals surface area contributed by atoms with E-state index in [1.165, 1.54) is 24.3 Å². The first kappa shape index (κ1) is 33.6. The average Bonchev–Trinajstić information content (AvgIpc) is 2.92. The molecule has 0 atom stereocenters. The van der Waals surface area contributed by atoms with Crippen molar-refractivity contribution in [3.8, 4) is 0 Å². The number of carbonyl (C=O) groups is 4. The van der Waals surface area contributed by atoms with E-state index in [1.54, 1.807) is 14.7 Å². The molecule has 1 aliphatic heterocycles. The number of nitrogens with zero attached hydrogens (tertiary/aromatic N) is 4. The second-order valence-electron chi connectivity index (χ2n) is 10.2. The molecular formula is C26H36BN5O11. The molecule has 0 unspecified atom stereocenters. The van der Waals surface area contributed by atoms with Crippen LogP contribution in [0.4, 0.5) is 0 Å². The second-order valence-corrected chi connectivity index (χ2v) is 10.2. The number of carbonyl (C=O) groups excluding carboxylic acids is 1. The van der Waals surface area contributed by atoms with Crippen LogP contribution in [0.5, 0.6) is 0 Å². The fourth-order valence-corrected chi connectivity index (χ4v) is 4.72. The lowest BCUT2D eigenvalue weighted by Gasteiger charge is -2.33. The van der Waals surface area contributed by atoms with E-state index < -0.39 is 36.6 Å². The van der Waals surface area contributed by atoms with Gasteiger partial charge in [-0.1, -0.05) is 12.1 Å². The third-order valence-electron chi connectivity index (χ3n) is 7.02. The first-order chi connectivity index (χ1) is 20.4. The van der Waals surface area contributed by atoms with E-state index in [1.807, 2.05) is 4.90 Å². The van der Waals surface area contributed by atoms with Crippen molar-refractivity contribution < 1.29 is 49.0 Å². The molecule has 43 heavy (non-hydrogen) atoms. The Kier molecular flexibility index (Phi) is 12.6. The van der Waals surface area contributed by atoms with Crippen LogP contribution in [-0.2, 0) is 14.4 Å². The number of carboxylic acids is 3. The van der Waals surface area contributed by atoms with Crippen molar-refractivity contribution >= 4 is 47.4 Å². The number of carboxylic acid groups (broad SMARTS) is 3. The minimum Gasteiger partial charge on any atom is -0.480 e. The van der Waals surface area contributed by atoms with E-state index in [9.17, 15) is 49.3 Å². The zero-order valence-electron chi connectivity index (χ0n) is 23.6. The number of hydrogen-bond acceptors (Lipinski definition) is 12. The number of amides is 1. The van der Waals surface area contributed by atoms with Crippen molar-refractivity contribution in [3.05, 3.63) is 40.2 Å². The predicted octanol–water partition coefficient (Wildman–Crippen LogP) is -3.32. The summed E-state index contributed by atoms with van der Waals surface area (Å²) in [5.74, 6) is -3.76. The van der Waals surface area contributed by atoms with Crippen molar-refractivity contribution in [2.45, 2.75) is 0 Å². The summed E-state index contributed by atoms with van der Waals surface area (Å²) >= 11 is 0. The monoisotopic (exact) mass is 605 g/mol. The molecule has 1 fully saturated rings. The van der Waals surface area contributed by atoms with Gasteiger partial charge in [0.05, 0.1) is 19.6 Å². The van der Waals surface area contributed by atoms with E-state index in [-0.39, 0.29) is 55.9 Å². The van der Waals surface area contributed by atoms with Crippen LogP contribution in [0.1, 0.15) is 10.4 Å². The molecule has 0 saturated carbocycles. The summed E-state index contributed by atoms with van der Waals surface area (Å²) in [5, 5.41) is 49.7. The summed E-state index contributed by atoms with van der Waals surface area (Å²) in [5.41, 5.74) is -0.911. The smallest absolute Gasteiger partial charge is 0.480 e. The lowest BCUT2D eigenvalue weighted by molar-refractivity contribution is -0.140. The molecule has 234 valence electrons. The van der Waals surface area contributed by atoms with Crippen LogP contribution in [-0.4, -0.2) is 161 Å². The van der Waals surface area contributed by atoms with E-state index in [4.69, 9.17) is 4.42 Å². The largest absolute Gasteiger partial charge is 0.488 e. The zero-order valence-corrected chi connectivity index (χ0v) is 23.6. The van der Waals surface area contributed by atoms with Crippen molar-refractivity contribution in [2.75, 3.05) is 85.1 Å². The quantitative estimate of drug-likeness (QED) is 0.109. The summed E-state index contributed by atoms with van der Waals surface area (Å²) < 4.78 is 5.20. The van der Waals surface area contributed by atoms with E-state index in [0.29, 0.717) is 51.2 Å². The topological polar surface area (TPSA) is 225 Å². The maximum Gasteiger partial charge on any atom is 0.488 e. The van der Waals surface area contributed by atoms with Crippen LogP contribution in [0.3, 0.4) is 0 Å². The van der Waals surface area contributed by atoms with E-state index >= 15 is 0 Å². The Hall–Kier alpha value is -3.87. The maximum absolute atomic E-state index is 12.8. The van der Waals surface area contributed by atoms with Crippen molar-refractivity contribution in [1.29, 1.82) is 0 Å². The zero-order chi connectivity index (χ0) is 31.5. The Morgan fingerprint density at radius 1 is 0.744 bits per heavy atom. The van der Waals surface area contributed by atoms with E-state index in [0.717, 1.165) is 0 Å². The van der Waals surface area contributed by atoms with Crippen molar-refractivity contribution in [1.82, 2.24) is 24.9 Å². The molecule has 2 heterocycles. The molecule has 6 N–H and O–H groups in total. The summed E-state index contributed by atoms with van der Waals surface area (Å²) in [7, 11) is -1.75. The van der Waals surface area contributed by atoms with Crippen LogP contribution in [0.15, 0.2) is 33.5 Å². The summed E-state index contributed by atoms with van der Waals surface area (Å²) in [4.78, 5) is 66.5. The third kappa shape index (κ3) is 11.0. The standard InChI is InChI=1S/C26H36BN5O11/c33-22(34)15-30-7-5-29(6-8-31(16-23(35)36)10-12-32(11-9-30)17-24(37)38)4-3-28-25(39)20-13-18-1-2-19(27(41)42)14-21(18)43-26(20)40/h1-2,13-14,41-42H,3-12,15-17H2,(H,28,39)(H,33,34)(H,35,36)(H,37,38). The van der Waals surface area contributed by atoms with Gasteiger partial charge in [-0.15, -0.1) is 0 Å². The Morgan fingerprint density at radius 3 is 1.65 bits per heavy atom. The van der Waals surface area contributed by atoms with Crippen LogP contribution in [0.2, 0.25) is 0 Å². The molecule has 0 aliphatic carbocycles. The van der Waals surface area contributed by atoms with Crippen LogP contribution in [0.25, 0.3) is 11.0 Å². The van der Waals surface area contributed by atoms with Crippen LogP contribution in [0, 0.1) is 0 Å². The molecular weight excluding hydrogens is 569 g/mol. The fraction of sp³-hybridized carbons (Fsp3) is 0.500. The Bertz CT molecular complexity index is 1320. The number of nitrogens with one attached hydrogen (secondary N) is 1. The second kappa shape index (κ2) is 16.1. The average molecular weight is 605 g/mol. The molecule has 1 saturated heterocycles. The highest BCUT2D eigenvalue weighted by Gasteiger charge is 2.21. The SMILES string of the molecule is O=C(O)CN1CCN(CCNC(=O)c2cc3ccc(B(O)O)cc3oc2=O)CCN(CC(=O)O)CCN(CC(=O)O)CC1. The van der Waals surface area contributed by atoms with Gasteiger partial charge in [0.2, 0.25) is 0 Å². The molecule has 1 aromatic heterocycles. The van der Waals surface area contributed by atoms with Crippen LogP contribution < -0.4 is 16.4 Å². The van der Waals surface area contributed by atoms with Crippen LogP contribution >= 0.6 is 0 Å². The molecule has 1 amide bonds. The molecule has 2 aromatic rings. The highest BCUT2D eigenvalue weighted by molar-refractivity contribution is 6.58. The third-order valence-corrected chi connectivity index (χ3v) is 7.02. The number of hydrogen-bond donors (Lipinski definition) is 6. The van der Waals surface area contributed by atoms with Crippen molar-refractivity contribution in [3.63, 3.8) is 0 Å². The molecule has 0 radical (unpaired) electrons. The molecule has 1 aliphatic rings. The molecule has 0 spiro atoms. The highest BCUT2D eigenvalue weighted by Crippen LogP contribution is 2.12. The summed E-state index contributed by atoms with van der Waals surface area (Å²) in [6, 6.07) is 5.57. The minimum absolute atomic E-state index is 0.0920. The summed E-state index contributed by atoms with van der Waals surface area (Å²) in [6.45, 7) is 2.29. The number of benzene rings is 1. The van der Waals surface area contributed by atoms with Gasteiger partial charge >= 0.3 is 30.7 Å². The fourth-order valence-electron chi connectivity index (χ4n) is 4.72. The minimum atomic E-state index is -1.75. The summed E-state index contributed by atoms with van der Waals surface area (Å²) in [6.07, 6.45) is 0. The number of aliphatic carboxylic acids is 3. The number of fused-ring (bicyclic) bond motifs is 1. The first-order valence-corrected chi connectivity index (χ1v) is 13.7. The number of rotatable bonds is 11. The molecule has 0 bridgehead atoms. The van der Waals surface area contributed by atoms with Gasteiger partial charge in [-0.25, -0.2) is 4.79 Å². The van der Waals surface area contributed by atoms with Crippen molar-refractivity contribution in [2.24, 2.45) is 0 Å². The first-order valence-electron chi connectivity index (χ1n) is 13.7.